The molecule has 1 aliphatic heterocycles. The summed E-state index contributed by atoms with van der Waals surface area (Å²) in [4.78, 5) is 4.74. The van der Waals surface area contributed by atoms with E-state index in [0.29, 0.717) is 0 Å². The van der Waals surface area contributed by atoms with E-state index in [1.54, 1.807) is 11.8 Å². The van der Waals surface area contributed by atoms with Crippen LogP contribution < -0.4 is 4.90 Å². The van der Waals surface area contributed by atoms with E-state index < -0.39 is 0 Å². The molecule has 2 aromatic rings. The maximum absolute atomic E-state index is 9.47. The van der Waals surface area contributed by atoms with E-state index in [-0.39, 0.29) is 6.61 Å². The van der Waals surface area contributed by atoms with E-state index in [0.717, 1.165) is 12.1 Å². The zero-order valence-electron chi connectivity index (χ0n) is 10.3. The molecule has 18 heavy (non-hydrogen) atoms. The summed E-state index contributed by atoms with van der Waals surface area (Å²) in [5.41, 5.74) is 3.46. The molecule has 0 saturated heterocycles. The van der Waals surface area contributed by atoms with Crippen molar-refractivity contribution in [1.82, 2.24) is 0 Å². The smallest absolute Gasteiger partial charge is 0.0693 e. The molecule has 0 saturated carbocycles. The SMILES string of the molecule is CCN1c2ccccc2Sc2c(CO)cccc21. The Hall–Kier alpha value is -1.45. The molecule has 0 unspecified atom stereocenters. The first-order valence-electron chi connectivity index (χ1n) is 6.12. The molecule has 1 N–H and O–H groups in total. The van der Waals surface area contributed by atoms with Crippen molar-refractivity contribution in [3.8, 4) is 0 Å². The van der Waals surface area contributed by atoms with Gasteiger partial charge < -0.3 is 10.0 Å². The van der Waals surface area contributed by atoms with Gasteiger partial charge in [0, 0.05) is 16.3 Å². The Morgan fingerprint density at radius 1 is 1.06 bits per heavy atom. The van der Waals surface area contributed by atoms with E-state index in [4.69, 9.17) is 0 Å². The molecular weight excluding hydrogens is 242 g/mol. The fourth-order valence-corrected chi connectivity index (χ4v) is 3.57. The number of aliphatic hydroxyl groups is 1. The van der Waals surface area contributed by atoms with Crippen LogP contribution in [0.25, 0.3) is 0 Å². The van der Waals surface area contributed by atoms with Gasteiger partial charge in [-0.05, 0) is 30.7 Å². The van der Waals surface area contributed by atoms with Crippen molar-refractivity contribution < 1.29 is 5.11 Å². The summed E-state index contributed by atoms with van der Waals surface area (Å²) in [6.45, 7) is 3.18. The van der Waals surface area contributed by atoms with Crippen LogP contribution in [-0.2, 0) is 6.61 Å². The summed E-state index contributed by atoms with van der Waals surface area (Å²) in [6, 6.07) is 14.6. The molecule has 1 heterocycles. The van der Waals surface area contributed by atoms with Crippen LogP contribution in [-0.4, -0.2) is 11.7 Å². The number of fused-ring (bicyclic) bond motifs is 2. The monoisotopic (exact) mass is 257 g/mol. The number of aliphatic hydroxyl groups excluding tert-OH is 1. The summed E-state index contributed by atoms with van der Waals surface area (Å²) >= 11 is 1.75. The van der Waals surface area contributed by atoms with Gasteiger partial charge in [0.15, 0.2) is 0 Å². The largest absolute Gasteiger partial charge is 0.392 e. The molecule has 92 valence electrons. The van der Waals surface area contributed by atoms with Gasteiger partial charge in [0.25, 0.3) is 0 Å². The van der Waals surface area contributed by atoms with Gasteiger partial charge in [-0.1, -0.05) is 36.0 Å². The van der Waals surface area contributed by atoms with E-state index in [1.807, 2.05) is 12.1 Å². The average Bonchev–Trinajstić information content (AvgIpc) is 2.44. The van der Waals surface area contributed by atoms with Crippen molar-refractivity contribution in [2.45, 2.75) is 23.3 Å². The molecule has 3 heteroatoms. The first-order valence-corrected chi connectivity index (χ1v) is 6.94. The first kappa shape index (κ1) is 11.6. The standard InChI is InChI=1S/C15H15NOS/c1-2-16-12-7-3-4-9-14(12)18-15-11(10-17)6-5-8-13(15)16/h3-9,17H,2,10H2,1H3. The van der Waals surface area contributed by atoms with Gasteiger partial charge in [-0.15, -0.1) is 0 Å². The second-order valence-corrected chi connectivity index (χ2v) is 5.29. The molecule has 0 aromatic heterocycles. The van der Waals surface area contributed by atoms with E-state index in [2.05, 4.69) is 42.2 Å². The van der Waals surface area contributed by atoms with Crippen LogP contribution in [0.2, 0.25) is 0 Å². The molecule has 0 amide bonds. The zero-order valence-corrected chi connectivity index (χ0v) is 11.1. The lowest BCUT2D eigenvalue weighted by atomic mass is 10.1. The Bertz CT molecular complexity index is 582. The number of benzene rings is 2. The number of nitrogens with zero attached hydrogens (tertiary/aromatic N) is 1. The maximum Gasteiger partial charge on any atom is 0.0693 e. The highest BCUT2D eigenvalue weighted by molar-refractivity contribution is 7.99. The summed E-state index contributed by atoms with van der Waals surface area (Å²) in [6.07, 6.45) is 0. The number of para-hydroxylation sites is 1. The summed E-state index contributed by atoms with van der Waals surface area (Å²) in [7, 11) is 0. The third kappa shape index (κ3) is 1.71. The summed E-state index contributed by atoms with van der Waals surface area (Å²) < 4.78 is 0. The predicted octanol–water partition coefficient (Wildman–Crippen LogP) is 3.80. The lowest BCUT2D eigenvalue weighted by Gasteiger charge is -2.32. The fraction of sp³-hybridized carbons (Fsp3) is 0.200. The second-order valence-electron chi connectivity index (χ2n) is 4.24. The van der Waals surface area contributed by atoms with Crippen molar-refractivity contribution in [2.24, 2.45) is 0 Å². The van der Waals surface area contributed by atoms with E-state index in [1.165, 1.54) is 21.2 Å². The third-order valence-electron chi connectivity index (χ3n) is 3.22. The van der Waals surface area contributed by atoms with Crippen molar-refractivity contribution in [2.75, 3.05) is 11.4 Å². The van der Waals surface area contributed by atoms with Crippen molar-refractivity contribution in [3.63, 3.8) is 0 Å². The Balaban J connectivity index is 2.20. The van der Waals surface area contributed by atoms with Gasteiger partial charge in [0.2, 0.25) is 0 Å². The van der Waals surface area contributed by atoms with Gasteiger partial charge >= 0.3 is 0 Å². The molecule has 0 spiro atoms. The zero-order chi connectivity index (χ0) is 12.5. The van der Waals surface area contributed by atoms with Crippen LogP contribution in [0.3, 0.4) is 0 Å². The van der Waals surface area contributed by atoms with Gasteiger partial charge in [-0.25, -0.2) is 0 Å². The molecular formula is C15H15NOS. The molecule has 2 nitrogen and oxygen atoms in total. The fourth-order valence-electron chi connectivity index (χ4n) is 2.37. The lowest BCUT2D eigenvalue weighted by Crippen LogP contribution is -2.20. The van der Waals surface area contributed by atoms with Crippen LogP contribution in [0.1, 0.15) is 12.5 Å². The maximum atomic E-state index is 9.47. The van der Waals surface area contributed by atoms with Crippen molar-refractivity contribution >= 4 is 23.1 Å². The van der Waals surface area contributed by atoms with Crippen molar-refractivity contribution in [1.29, 1.82) is 0 Å². The van der Waals surface area contributed by atoms with Gasteiger partial charge in [-0.3, -0.25) is 0 Å². The quantitative estimate of drug-likeness (QED) is 0.885. The predicted molar refractivity (Wildman–Crippen MR) is 75.6 cm³/mol. The van der Waals surface area contributed by atoms with Gasteiger partial charge in [0.05, 0.1) is 18.0 Å². The Morgan fingerprint density at radius 2 is 1.83 bits per heavy atom. The summed E-state index contributed by atoms with van der Waals surface area (Å²) in [5, 5.41) is 9.47. The highest BCUT2D eigenvalue weighted by Gasteiger charge is 2.23. The summed E-state index contributed by atoms with van der Waals surface area (Å²) in [5.74, 6) is 0. The number of rotatable bonds is 2. The minimum Gasteiger partial charge on any atom is -0.392 e. The Morgan fingerprint density at radius 3 is 2.61 bits per heavy atom. The number of hydrogen-bond acceptors (Lipinski definition) is 3. The van der Waals surface area contributed by atoms with E-state index >= 15 is 0 Å². The first-order chi connectivity index (χ1) is 8.85. The topological polar surface area (TPSA) is 23.5 Å². The van der Waals surface area contributed by atoms with Gasteiger partial charge in [-0.2, -0.15) is 0 Å². The molecule has 1 aliphatic rings. The van der Waals surface area contributed by atoms with Crippen LogP contribution in [0.15, 0.2) is 52.3 Å². The van der Waals surface area contributed by atoms with Crippen LogP contribution in [0.5, 0.6) is 0 Å². The second kappa shape index (κ2) is 4.67. The Labute approximate surface area is 111 Å². The third-order valence-corrected chi connectivity index (χ3v) is 4.46. The van der Waals surface area contributed by atoms with Crippen LogP contribution >= 0.6 is 11.8 Å². The molecule has 3 rings (SSSR count). The normalized spacial score (nSPS) is 13.1. The average molecular weight is 257 g/mol. The molecule has 0 bridgehead atoms. The molecule has 0 aliphatic carbocycles. The van der Waals surface area contributed by atoms with Gasteiger partial charge in [0.1, 0.15) is 0 Å². The molecule has 0 atom stereocenters. The Kier molecular flexibility index (Phi) is 3.02. The minimum atomic E-state index is 0.0931. The molecule has 2 aromatic carbocycles. The number of hydrogen-bond donors (Lipinski definition) is 1. The highest BCUT2D eigenvalue weighted by atomic mass is 32.2. The van der Waals surface area contributed by atoms with Crippen molar-refractivity contribution in [3.05, 3.63) is 48.0 Å². The van der Waals surface area contributed by atoms with Crippen LogP contribution in [0.4, 0.5) is 11.4 Å². The highest BCUT2D eigenvalue weighted by Crippen LogP contribution is 2.49. The molecule has 0 fully saturated rings. The number of anilines is 2. The molecule has 0 radical (unpaired) electrons. The lowest BCUT2D eigenvalue weighted by molar-refractivity contribution is 0.279. The van der Waals surface area contributed by atoms with E-state index in [9.17, 15) is 5.11 Å². The van der Waals surface area contributed by atoms with Crippen LogP contribution in [0, 0.1) is 0 Å². The minimum absolute atomic E-state index is 0.0931.